The van der Waals surface area contributed by atoms with Crippen LogP contribution in [0.5, 0.6) is 0 Å². The predicted octanol–water partition coefficient (Wildman–Crippen LogP) is 5.91. The fraction of sp³-hybridized carbons (Fsp3) is 0.115. The molecule has 0 aliphatic carbocycles. The van der Waals surface area contributed by atoms with Gasteiger partial charge in [-0.15, -0.1) is 0 Å². The van der Waals surface area contributed by atoms with Crippen molar-refractivity contribution < 1.29 is 13.6 Å². The van der Waals surface area contributed by atoms with Gasteiger partial charge >= 0.3 is 0 Å². The normalized spacial score (nSPS) is 15.5. The number of aryl methyl sites for hydroxylation is 2. The predicted molar refractivity (Wildman–Crippen MR) is 127 cm³/mol. The van der Waals surface area contributed by atoms with Gasteiger partial charge in [-0.25, -0.2) is 9.37 Å². The Morgan fingerprint density at radius 3 is 2.52 bits per heavy atom. The summed E-state index contributed by atoms with van der Waals surface area (Å²) in [6, 6.07) is 16.6. The van der Waals surface area contributed by atoms with Crippen molar-refractivity contribution in [2.24, 2.45) is 0 Å². The maximum absolute atomic E-state index is 13.8. The molecule has 33 heavy (non-hydrogen) atoms. The summed E-state index contributed by atoms with van der Waals surface area (Å²) in [6.45, 7) is 3.88. The van der Waals surface area contributed by atoms with E-state index in [1.807, 2.05) is 44.2 Å². The molecule has 1 amide bonds. The van der Waals surface area contributed by atoms with Gasteiger partial charge < -0.3 is 4.42 Å². The maximum atomic E-state index is 13.8. The average molecular weight is 456 g/mol. The number of amides is 1. The van der Waals surface area contributed by atoms with Gasteiger partial charge in [0.1, 0.15) is 11.4 Å². The Morgan fingerprint density at radius 2 is 1.73 bits per heavy atom. The third kappa shape index (κ3) is 3.00. The number of thiazole rings is 1. The number of benzene rings is 3. The van der Waals surface area contributed by atoms with Crippen molar-refractivity contribution >= 4 is 43.6 Å². The van der Waals surface area contributed by atoms with Gasteiger partial charge in [0, 0.05) is 0 Å². The summed E-state index contributed by atoms with van der Waals surface area (Å²) in [4.78, 5) is 33.4. The number of anilines is 1. The van der Waals surface area contributed by atoms with Crippen molar-refractivity contribution in [3.05, 3.63) is 105 Å². The lowest BCUT2D eigenvalue weighted by Crippen LogP contribution is -2.29. The van der Waals surface area contributed by atoms with Crippen molar-refractivity contribution in [3.63, 3.8) is 0 Å². The van der Waals surface area contributed by atoms with Gasteiger partial charge in [-0.2, -0.15) is 0 Å². The standard InChI is InChI=1S/C26H17FN2O3S/c1-13-3-6-15(7-4-13)22-21-23(30)17-11-14(2)5-10-19(17)32-24(21)25(31)29(22)26-28-18-9-8-16(27)12-20(18)33-26/h3-12,22H,1-2H3/t22-/m1/s1. The first-order chi connectivity index (χ1) is 15.9. The summed E-state index contributed by atoms with van der Waals surface area (Å²) in [5.74, 6) is -0.788. The molecule has 1 atom stereocenters. The number of nitrogens with zero attached hydrogens (tertiary/aromatic N) is 2. The van der Waals surface area contributed by atoms with Gasteiger partial charge in [0.05, 0.1) is 27.2 Å². The molecule has 0 saturated carbocycles. The lowest BCUT2D eigenvalue weighted by molar-refractivity contribution is 0.0971. The van der Waals surface area contributed by atoms with Crippen LogP contribution in [-0.2, 0) is 0 Å². The Morgan fingerprint density at radius 1 is 0.970 bits per heavy atom. The van der Waals surface area contributed by atoms with Crippen molar-refractivity contribution in [1.29, 1.82) is 0 Å². The van der Waals surface area contributed by atoms with Gasteiger partial charge in [-0.05, 0) is 49.7 Å². The van der Waals surface area contributed by atoms with E-state index in [9.17, 15) is 14.0 Å². The van der Waals surface area contributed by atoms with Crippen LogP contribution in [0.15, 0.2) is 69.9 Å². The summed E-state index contributed by atoms with van der Waals surface area (Å²) in [6.07, 6.45) is 0. The summed E-state index contributed by atoms with van der Waals surface area (Å²) in [5, 5.41) is 0.823. The second kappa shape index (κ2) is 7.08. The minimum Gasteiger partial charge on any atom is -0.450 e. The molecule has 7 heteroatoms. The topological polar surface area (TPSA) is 63.4 Å². The first-order valence-corrected chi connectivity index (χ1v) is 11.3. The van der Waals surface area contributed by atoms with Crippen molar-refractivity contribution in [2.75, 3.05) is 4.90 Å². The zero-order valence-corrected chi connectivity index (χ0v) is 18.6. The van der Waals surface area contributed by atoms with E-state index in [0.29, 0.717) is 31.9 Å². The van der Waals surface area contributed by atoms with Gasteiger partial charge in [0.15, 0.2) is 10.6 Å². The van der Waals surface area contributed by atoms with Crippen molar-refractivity contribution in [1.82, 2.24) is 4.98 Å². The molecule has 5 aromatic rings. The Labute approximate surface area is 191 Å². The third-order valence-electron chi connectivity index (χ3n) is 5.96. The second-order valence-corrected chi connectivity index (χ2v) is 9.28. The van der Waals surface area contributed by atoms with Crippen LogP contribution in [-0.4, -0.2) is 10.9 Å². The number of carbonyl (C=O) groups excluding carboxylic acids is 1. The van der Waals surface area contributed by atoms with E-state index >= 15 is 0 Å². The third-order valence-corrected chi connectivity index (χ3v) is 6.98. The number of carbonyl (C=O) groups is 1. The van der Waals surface area contributed by atoms with E-state index < -0.39 is 11.9 Å². The molecule has 1 aliphatic rings. The molecule has 162 valence electrons. The zero-order valence-electron chi connectivity index (χ0n) is 17.8. The number of hydrogen-bond acceptors (Lipinski definition) is 5. The summed E-state index contributed by atoms with van der Waals surface area (Å²) >= 11 is 1.21. The van der Waals surface area contributed by atoms with Gasteiger partial charge in [0.25, 0.3) is 5.91 Å². The SMILES string of the molecule is Cc1ccc([C@@H]2c3c(oc4ccc(C)cc4c3=O)C(=O)N2c2nc3ccc(F)cc3s2)cc1. The fourth-order valence-electron chi connectivity index (χ4n) is 4.34. The number of fused-ring (bicyclic) bond motifs is 3. The Hall–Kier alpha value is -3.84. The van der Waals surface area contributed by atoms with Gasteiger partial charge in [-0.1, -0.05) is 52.8 Å². The monoisotopic (exact) mass is 456 g/mol. The van der Waals surface area contributed by atoms with Crippen molar-refractivity contribution in [3.8, 4) is 0 Å². The highest BCUT2D eigenvalue weighted by molar-refractivity contribution is 7.22. The molecule has 0 saturated heterocycles. The Bertz CT molecular complexity index is 1650. The first kappa shape index (κ1) is 19.8. The van der Waals surface area contributed by atoms with E-state index in [1.54, 1.807) is 18.2 Å². The summed E-state index contributed by atoms with van der Waals surface area (Å²) in [7, 11) is 0. The Kier molecular flexibility index (Phi) is 4.25. The molecule has 6 rings (SSSR count). The average Bonchev–Trinajstić information content (AvgIpc) is 3.33. The lowest BCUT2D eigenvalue weighted by atomic mass is 9.97. The number of halogens is 1. The molecule has 0 bridgehead atoms. The Balaban J connectivity index is 1.64. The molecule has 3 heterocycles. The largest absolute Gasteiger partial charge is 0.450 e. The fourth-order valence-corrected chi connectivity index (χ4v) is 5.35. The van der Waals surface area contributed by atoms with Crippen LogP contribution in [0.3, 0.4) is 0 Å². The van der Waals surface area contributed by atoms with E-state index in [0.717, 1.165) is 16.7 Å². The van der Waals surface area contributed by atoms with E-state index in [4.69, 9.17) is 4.42 Å². The van der Waals surface area contributed by atoms with Crippen molar-refractivity contribution in [2.45, 2.75) is 19.9 Å². The quantitative estimate of drug-likeness (QED) is 0.331. The van der Waals surface area contributed by atoms with Crippen LogP contribution in [0, 0.1) is 19.7 Å². The van der Waals surface area contributed by atoms with Crippen LogP contribution in [0.2, 0.25) is 0 Å². The molecule has 5 nitrogen and oxygen atoms in total. The second-order valence-electron chi connectivity index (χ2n) is 8.27. The van der Waals surface area contributed by atoms with E-state index in [1.165, 1.54) is 28.4 Å². The summed E-state index contributed by atoms with van der Waals surface area (Å²) < 4.78 is 20.4. The highest BCUT2D eigenvalue weighted by Gasteiger charge is 2.45. The molecule has 0 N–H and O–H groups in total. The minimum absolute atomic E-state index is 0.0207. The molecule has 0 radical (unpaired) electrons. The highest BCUT2D eigenvalue weighted by Crippen LogP contribution is 2.43. The van der Waals surface area contributed by atoms with Crippen LogP contribution in [0.1, 0.15) is 38.9 Å². The molecular formula is C26H17FN2O3S. The molecule has 3 aromatic carbocycles. The smallest absolute Gasteiger partial charge is 0.297 e. The van der Waals surface area contributed by atoms with Gasteiger partial charge in [-0.3, -0.25) is 14.5 Å². The van der Waals surface area contributed by atoms with Crippen LogP contribution < -0.4 is 10.3 Å². The molecule has 1 aliphatic heterocycles. The van der Waals surface area contributed by atoms with E-state index in [-0.39, 0.29) is 17.0 Å². The molecule has 2 aromatic heterocycles. The molecule has 0 fully saturated rings. The maximum Gasteiger partial charge on any atom is 0.297 e. The highest BCUT2D eigenvalue weighted by atomic mass is 32.1. The van der Waals surface area contributed by atoms with E-state index in [2.05, 4.69) is 4.98 Å². The first-order valence-electron chi connectivity index (χ1n) is 10.4. The van der Waals surface area contributed by atoms with Gasteiger partial charge in [0.2, 0.25) is 5.76 Å². The lowest BCUT2D eigenvalue weighted by Gasteiger charge is -2.22. The molecular weight excluding hydrogens is 439 g/mol. The number of aromatic nitrogens is 1. The van der Waals surface area contributed by atoms with Crippen LogP contribution >= 0.6 is 11.3 Å². The zero-order chi connectivity index (χ0) is 22.9. The molecule has 0 unspecified atom stereocenters. The minimum atomic E-state index is -0.695. The summed E-state index contributed by atoms with van der Waals surface area (Å²) in [5.41, 5.74) is 3.78. The van der Waals surface area contributed by atoms with Crippen LogP contribution in [0.4, 0.5) is 9.52 Å². The number of rotatable bonds is 2. The van der Waals surface area contributed by atoms with Crippen LogP contribution in [0.25, 0.3) is 21.2 Å². The molecule has 0 spiro atoms. The number of hydrogen-bond donors (Lipinski definition) is 0.